The van der Waals surface area contributed by atoms with Crippen LogP contribution in [0.3, 0.4) is 0 Å². The molecule has 1 amide bonds. The molecule has 0 aromatic carbocycles. The standard InChI is InChI=1S/C17H22ClN5O4/c1-10(2)25-17(24)23-6-4-13(5-7-23)26-11(3)15-21-14(22-27-15)12-8-19-16(18)20-9-12/h8-11,13H,4-7H2,1-3H3. The number of aromatic nitrogens is 4. The number of carbonyl (C=O) groups excluding carboxylic acids is 1. The number of halogens is 1. The summed E-state index contributed by atoms with van der Waals surface area (Å²) in [4.78, 5) is 25.8. The molecule has 0 bridgehead atoms. The van der Waals surface area contributed by atoms with Crippen LogP contribution in [-0.2, 0) is 9.47 Å². The zero-order valence-electron chi connectivity index (χ0n) is 15.5. The van der Waals surface area contributed by atoms with E-state index >= 15 is 0 Å². The van der Waals surface area contributed by atoms with Gasteiger partial charge in [-0.15, -0.1) is 0 Å². The lowest BCUT2D eigenvalue weighted by molar-refractivity contribution is -0.0475. The second kappa shape index (κ2) is 8.62. The van der Waals surface area contributed by atoms with Crippen LogP contribution in [0.25, 0.3) is 11.4 Å². The number of carbonyl (C=O) groups is 1. The van der Waals surface area contributed by atoms with E-state index in [0.717, 1.165) is 12.8 Å². The predicted octanol–water partition coefficient (Wildman–Crippen LogP) is 3.27. The minimum atomic E-state index is -0.362. The molecule has 3 rings (SSSR count). The van der Waals surface area contributed by atoms with E-state index in [1.807, 2.05) is 20.8 Å². The maximum Gasteiger partial charge on any atom is 0.410 e. The van der Waals surface area contributed by atoms with Gasteiger partial charge in [0.1, 0.15) is 6.10 Å². The molecule has 2 aromatic heterocycles. The second-order valence-corrected chi connectivity index (χ2v) is 6.93. The monoisotopic (exact) mass is 395 g/mol. The molecule has 1 atom stereocenters. The van der Waals surface area contributed by atoms with E-state index in [0.29, 0.717) is 30.4 Å². The van der Waals surface area contributed by atoms with Crippen LogP contribution < -0.4 is 0 Å². The molecule has 1 saturated heterocycles. The number of piperidine rings is 1. The second-order valence-electron chi connectivity index (χ2n) is 6.59. The zero-order chi connectivity index (χ0) is 19.4. The largest absolute Gasteiger partial charge is 0.447 e. The van der Waals surface area contributed by atoms with Gasteiger partial charge >= 0.3 is 6.09 Å². The zero-order valence-corrected chi connectivity index (χ0v) is 16.2. The summed E-state index contributed by atoms with van der Waals surface area (Å²) in [5.74, 6) is 0.755. The Labute approximate surface area is 162 Å². The highest BCUT2D eigenvalue weighted by Gasteiger charge is 2.27. The predicted molar refractivity (Wildman–Crippen MR) is 96.0 cm³/mol. The van der Waals surface area contributed by atoms with E-state index in [-0.39, 0.29) is 29.7 Å². The number of likely N-dealkylation sites (tertiary alicyclic amines) is 1. The van der Waals surface area contributed by atoms with Crippen LogP contribution in [0.4, 0.5) is 4.79 Å². The van der Waals surface area contributed by atoms with Gasteiger partial charge in [-0.1, -0.05) is 5.16 Å². The van der Waals surface area contributed by atoms with Gasteiger partial charge in [0.2, 0.25) is 11.1 Å². The molecular weight excluding hydrogens is 374 g/mol. The van der Waals surface area contributed by atoms with Crippen LogP contribution in [0.15, 0.2) is 16.9 Å². The molecule has 0 spiro atoms. The molecule has 1 aliphatic rings. The molecule has 0 radical (unpaired) electrons. The van der Waals surface area contributed by atoms with Crippen LogP contribution in [0, 0.1) is 0 Å². The molecular formula is C17H22ClN5O4. The topological polar surface area (TPSA) is 103 Å². The van der Waals surface area contributed by atoms with E-state index in [1.165, 1.54) is 12.4 Å². The van der Waals surface area contributed by atoms with Gasteiger partial charge in [0, 0.05) is 25.5 Å². The molecule has 2 aromatic rings. The molecule has 27 heavy (non-hydrogen) atoms. The van der Waals surface area contributed by atoms with Crippen molar-refractivity contribution in [2.75, 3.05) is 13.1 Å². The van der Waals surface area contributed by atoms with Crippen molar-refractivity contribution in [1.29, 1.82) is 0 Å². The fourth-order valence-corrected chi connectivity index (χ4v) is 2.84. The SMILES string of the molecule is CC(C)OC(=O)N1CCC(OC(C)c2nc(-c3cnc(Cl)nc3)no2)CC1. The van der Waals surface area contributed by atoms with Crippen LogP contribution >= 0.6 is 11.6 Å². The minimum Gasteiger partial charge on any atom is -0.447 e. The lowest BCUT2D eigenvalue weighted by Crippen LogP contribution is -2.42. The molecule has 1 aliphatic heterocycles. The van der Waals surface area contributed by atoms with E-state index in [1.54, 1.807) is 4.90 Å². The average molecular weight is 396 g/mol. The van der Waals surface area contributed by atoms with Crippen molar-refractivity contribution in [2.45, 2.75) is 51.9 Å². The first-order chi connectivity index (χ1) is 12.9. The highest BCUT2D eigenvalue weighted by Crippen LogP contribution is 2.24. The van der Waals surface area contributed by atoms with Crippen molar-refractivity contribution in [1.82, 2.24) is 25.0 Å². The Kier molecular flexibility index (Phi) is 6.22. The Hall–Kier alpha value is -2.26. The molecule has 0 saturated carbocycles. The summed E-state index contributed by atoms with van der Waals surface area (Å²) in [5.41, 5.74) is 0.610. The molecule has 0 N–H and O–H groups in total. The number of nitrogens with zero attached hydrogens (tertiary/aromatic N) is 5. The maximum absolute atomic E-state index is 11.9. The van der Waals surface area contributed by atoms with Crippen LogP contribution in [0.5, 0.6) is 0 Å². The van der Waals surface area contributed by atoms with E-state index in [9.17, 15) is 4.79 Å². The number of ether oxygens (including phenoxy) is 2. The van der Waals surface area contributed by atoms with Gasteiger partial charge in [-0.2, -0.15) is 4.98 Å². The Morgan fingerprint density at radius 2 is 1.93 bits per heavy atom. The summed E-state index contributed by atoms with van der Waals surface area (Å²) in [7, 11) is 0. The van der Waals surface area contributed by atoms with Crippen molar-refractivity contribution in [2.24, 2.45) is 0 Å². The number of hydrogen-bond acceptors (Lipinski definition) is 8. The third-order valence-electron chi connectivity index (χ3n) is 4.10. The molecule has 1 unspecified atom stereocenters. The summed E-state index contributed by atoms with van der Waals surface area (Å²) in [6, 6.07) is 0. The Morgan fingerprint density at radius 1 is 1.26 bits per heavy atom. The van der Waals surface area contributed by atoms with Crippen molar-refractivity contribution in [3.63, 3.8) is 0 Å². The third-order valence-corrected chi connectivity index (χ3v) is 4.30. The Balaban J connectivity index is 1.52. The normalized spacial score (nSPS) is 16.6. The van der Waals surface area contributed by atoms with Gasteiger partial charge in [-0.25, -0.2) is 14.8 Å². The Morgan fingerprint density at radius 3 is 2.56 bits per heavy atom. The molecule has 9 nitrogen and oxygen atoms in total. The van der Waals surface area contributed by atoms with Gasteiger partial charge < -0.3 is 18.9 Å². The number of rotatable bonds is 5. The number of amides is 1. The summed E-state index contributed by atoms with van der Waals surface area (Å²) < 4.78 is 16.5. The Bertz CT molecular complexity index is 759. The van der Waals surface area contributed by atoms with Gasteiger partial charge in [0.15, 0.2) is 0 Å². The summed E-state index contributed by atoms with van der Waals surface area (Å²) >= 11 is 5.68. The molecule has 3 heterocycles. The number of hydrogen-bond donors (Lipinski definition) is 0. The smallest absolute Gasteiger partial charge is 0.410 e. The van der Waals surface area contributed by atoms with Crippen LogP contribution in [0.2, 0.25) is 5.28 Å². The van der Waals surface area contributed by atoms with Crippen LogP contribution in [0.1, 0.15) is 45.6 Å². The summed E-state index contributed by atoms with van der Waals surface area (Å²) in [6.45, 7) is 6.73. The first-order valence-electron chi connectivity index (χ1n) is 8.85. The highest BCUT2D eigenvalue weighted by molar-refractivity contribution is 6.28. The summed E-state index contributed by atoms with van der Waals surface area (Å²) in [5, 5.41) is 4.09. The lowest BCUT2D eigenvalue weighted by Gasteiger charge is -2.32. The van der Waals surface area contributed by atoms with Crippen molar-refractivity contribution < 1.29 is 18.8 Å². The van der Waals surface area contributed by atoms with Crippen molar-refractivity contribution in [3.8, 4) is 11.4 Å². The third kappa shape index (κ3) is 5.14. The van der Waals surface area contributed by atoms with Gasteiger partial charge in [0.25, 0.3) is 5.89 Å². The first-order valence-corrected chi connectivity index (χ1v) is 9.22. The lowest BCUT2D eigenvalue weighted by atomic mass is 10.1. The van der Waals surface area contributed by atoms with Gasteiger partial charge in [0.05, 0.1) is 17.8 Å². The van der Waals surface area contributed by atoms with E-state index in [2.05, 4.69) is 20.1 Å². The molecule has 0 aliphatic carbocycles. The molecule has 1 fully saturated rings. The van der Waals surface area contributed by atoms with E-state index in [4.69, 9.17) is 25.6 Å². The van der Waals surface area contributed by atoms with E-state index < -0.39 is 0 Å². The fraction of sp³-hybridized carbons (Fsp3) is 0.588. The van der Waals surface area contributed by atoms with Gasteiger partial charge in [-0.05, 0) is 45.2 Å². The molecule has 146 valence electrons. The quantitative estimate of drug-likeness (QED) is 0.710. The minimum absolute atomic E-state index is 0.0114. The van der Waals surface area contributed by atoms with Crippen molar-refractivity contribution in [3.05, 3.63) is 23.6 Å². The van der Waals surface area contributed by atoms with Crippen molar-refractivity contribution >= 4 is 17.7 Å². The van der Waals surface area contributed by atoms with Crippen LogP contribution in [-0.4, -0.2) is 56.4 Å². The highest BCUT2D eigenvalue weighted by atomic mass is 35.5. The molecule has 10 heteroatoms. The maximum atomic E-state index is 11.9. The first kappa shape index (κ1) is 19.5. The average Bonchev–Trinajstić information content (AvgIpc) is 3.12. The summed E-state index contributed by atoms with van der Waals surface area (Å²) in [6.07, 6.45) is 3.76. The van der Waals surface area contributed by atoms with Gasteiger partial charge in [-0.3, -0.25) is 0 Å². The fourth-order valence-electron chi connectivity index (χ4n) is 2.74.